The van der Waals surface area contributed by atoms with Gasteiger partial charge in [0.05, 0.1) is 0 Å². The van der Waals surface area contributed by atoms with Gasteiger partial charge in [0.1, 0.15) is 0 Å². The number of nitrogens with two attached hydrogens (primary N) is 1. The number of hydrogen-bond acceptors (Lipinski definition) is 3. The summed E-state index contributed by atoms with van der Waals surface area (Å²) < 4.78 is 0. The third-order valence-corrected chi connectivity index (χ3v) is 3.17. The van der Waals surface area contributed by atoms with Gasteiger partial charge in [-0.25, -0.2) is 0 Å². The molecular weight excluding hydrogens is 176 g/mol. The summed E-state index contributed by atoms with van der Waals surface area (Å²) in [5.74, 6) is 0.767. The van der Waals surface area contributed by atoms with Crippen LogP contribution in [0.25, 0.3) is 0 Å². The Morgan fingerprint density at radius 1 is 1.14 bits per heavy atom. The third-order valence-electron chi connectivity index (χ3n) is 3.17. The molecule has 0 amide bonds. The molecule has 0 aromatic heterocycles. The fourth-order valence-electron chi connectivity index (χ4n) is 2.07. The first kappa shape index (κ1) is 12.0. The fraction of sp³-hybridized carbons (Fsp3) is 1.00. The van der Waals surface area contributed by atoms with Crippen LogP contribution in [0.1, 0.15) is 32.1 Å². The monoisotopic (exact) mass is 200 g/mol. The topological polar surface area (TPSA) is 49.5 Å². The molecule has 0 unspecified atom stereocenters. The van der Waals surface area contributed by atoms with Gasteiger partial charge in [-0.15, -0.1) is 0 Å². The fourth-order valence-corrected chi connectivity index (χ4v) is 2.07. The van der Waals surface area contributed by atoms with Crippen molar-refractivity contribution >= 4 is 0 Å². The first-order chi connectivity index (χ1) is 6.86. The Balaban J connectivity index is 1.98. The van der Waals surface area contributed by atoms with Crippen molar-refractivity contribution in [1.82, 2.24) is 4.90 Å². The van der Waals surface area contributed by atoms with E-state index in [1.54, 1.807) is 0 Å². The van der Waals surface area contributed by atoms with Gasteiger partial charge in [-0.3, -0.25) is 0 Å². The van der Waals surface area contributed by atoms with Crippen molar-refractivity contribution in [3.63, 3.8) is 0 Å². The lowest BCUT2D eigenvalue weighted by Crippen LogP contribution is -2.36. The highest BCUT2D eigenvalue weighted by atomic mass is 16.2. The molecule has 1 rings (SSSR count). The Kier molecular flexibility index (Phi) is 6.15. The number of aliphatic hydroxyl groups excluding tert-OH is 1. The second-order valence-electron chi connectivity index (χ2n) is 4.30. The molecule has 0 aliphatic carbocycles. The average Bonchev–Trinajstić information content (AvgIpc) is 2.25. The van der Waals surface area contributed by atoms with Gasteiger partial charge < -0.3 is 15.7 Å². The molecule has 84 valence electrons. The van der Waals surface area contributed by atoms with Crippen LogP contribution in [0.5, 0.6) is 0 Å². The van der Waals surface area contributed by atoms with Crippen LogP contribution in [0.15, 0.2) is 0 Å². The van der Waals surface area contributed by atoms with Gasteiger partial charge in [0, 0.05) is 6.61 Å². The molecule has 0 aromatic rings. The van der Waals surface area contributed by atoms with Crippen LogP contribution in [-0.4, -0.2) is 42.8 Å². The Morgan fingerprint density at radius 2 is 1.86 bits per heavy atom. The maximum atomic E-state index is 8.64. The lowest BCUT2D eigenvalue weighted by molar-refractivity contribution is 0.182. The first-order valence-electron chi connectivity index (χ1n) is 5.90. The minimum atomic E-state index is 0.343. The number of nitrogens with zero attached hydrogens (tertiary/aromatic N) is 1. The molecule has 1 heterocycles. The summed E-state index contributed by atoms with van der Waals surface area (Å²) in [7, 11) is 0. The van der Waals surface area contributed by atoms with E-state index in [-0.39, 0.29) is 0 Å². The molecule has 1 saturated heterocycles. The molecule has 1 fully saturated rings. The third kappa shape index (κ3) is 4.40. The number of likely N-dealkylation sites (tertiary alicyclic amines) is 1. The highest BCUT2D eigenvalue weighted by molar-refractivity contribution is 4.72. The minimum absolute atomic E-state index is 0.343. The molecule has 0 bridgehead atoms. The van der Waals surface area contributed by atoms with E-state index >= 15 is 0 Å². The zero-order valence-corrected chi connectivity index (χ0v) is 9.12. The van der Waals surface area contributed by atoms with Gasteiger partial charge in [0.2, 0.25) is 0 Å². The summed E-state index contributed by atoms with van der Waals surface area (Å²) in [6, 6.07) is 0. The lowest BCUT2D eigenvalue weighted by Gasteiger charge is -2.31. The van der Waals surface area contributed by atoms with Crippen LogP contribution in [0.4, 0.5) is 0 Å². The smallest absolute Gasteiger partial charge is 0.0431 e. The summed E-state index contributed by atoms with van der Waals surface area (Å²) in [6.45, 7) is 4.85. The normalized spacial score (nSPS) is 20.1. The lowest BCUT2D eigenvalue weighted by atomic mass is 9.97. The van der Waals surface area contributed by atoms with Crippen molar-refractivity contribution < 1.29 is 5.11 Å². The van der Waals surface area contributed by atoms with Gasteiger partial charge in [0.15, 0.2) is 0 Å². The Morgan fingerprint density at radius 3 is 2.43 bits per heavy atom. The summed E-state index contributed by atoms with van der Waals surface area (Å²) in [5.41, 5.74) is 5.64. The molecule has 14 heavy (non-hydrogen) atoms. The van der Waals surface area contributed by atoms with E-state index in [0.717, 1.165) is 25.3 Å². The predicted molar refractivity (Wildman–Crippen MR) is 59.2 cm³/mol. The average molecular weight is 200 g/mol. The van der Waals surface area contributed by atoms with Crippen LogP contribution in [0.2, 0.25) is 0 Å². The number of aliphatic hydroxyl groups is 1. The second-order valence-corrected chi connectivity index (χ2v) is 4.30. The number of piperidine rings is 1. The molecule has 0 radical (unpaired) electrons. The van der Waals surface area contributed by atoms with Crippen molar-refractivity contribution in [1.29, 1.82) is 0 Å². The second kappa shape index (κ2) is 7.21. The van der Waals surface area contributed by atoms with Gasteiger partial charge >= 0.3 is 0 Å². The molecule has 0 atom stereocenters. The van der Waals surface area contributed by atoms with Crippen LogP contribution < -0.4 is 5.73 Å². The molecule has 3 N–H and O–H groups in total. The summed E-state index contributed by atoms with van der Waals surface area (Å²) in [5, 5.41) is 8.64. The zero-order chi connectivity index (χ0) is 10.2. The van der Waals surface area contributed by atoms with Crippen molar-refractivity contribution in [2.75, 3.05) is 32.8 Å². The highest BCUT2D eigenvalue weighted by Crippen LogP contribution is 2.16. The molecule has 3 nitrogen and oxygen atoms in total. The largest absolute Gasteiger partial charge is 0.396 e. The molecule has 0 spiro atoms. The molecule has 0 saturated carbocycles. The van der Waals surface area contributed by atoms with Gasteiger partial charge in [0.25, 0.3) is 0 Å². The maximum Gasteiger partial charge on any atom is 0.0431 e. The van der Waals surface area contributed by atoms with Crippen LogP contribution in [0, 0.1) is 5.92 Å². The van der Waals surface area contributed by atoms with E-state index < -0.39 is 0 Å². The van der Waals surface area contributed by atoms with E-state index in [4.69, 9.17) is 10.8 Å². The summed E-state index contributed by atoms with van der Waals surface area (Å²) in [4.78, 5) is 2.53. The highest BCUT2D eigenvalue weighted by Gasteiger charge is 2.16. The van der Waals surface area contributed by atoms with Crippen molar-refractivity contribution in [3.8, 4) is 0 Å². The van der Waals surface area contributed by atoms with Gasteiger partial charge in [-0.2, -0.15) is 0 Å². The maximum absolute atomic E-state index is 8.64. The van der Waals surface area contributed by atoms with E-state index in [0.29, 0.717) is 6.61 Å². The molecule has 0 aromatic carbocycles. The predicted octanol–water partition coefficient (Wildman–Crippen LogP) is 0.820. The SMILES string of the molecule is NCC1CCN(CCCCCO)CC1. The van der Waals surface area contributed by atoms with Gasteiger partial charge in [-0.1, -0.05) is 0 Å². The molecule has 1 aliphatic heterocycles. The van der Waals surface area contributed by atoms with Crippen molar-refractivity contribution in [2.45, 2.75) is 32.1 Å². The van der Waals surface area contributed by atoms with Crippen LogP contribution in [-0.2, 0) is 0 Å². The Labute approximate surface area is 87.3 Å². The Hall–Kier alpha value is -0.120. The Bertz CT molecular complexity index is 133. The zero-order valence-electron chi connectivity index (χ0n) is 9.12. The summed E-state index contributed by atoms with van der Waals surface area (Å²) >= 11 is 0. The minimum Gasteiger partial charge on any atom is -0.396 e. The van der Waals surface area contributed by atoms with E-state index in [1.807, 2.05) is 0 Å². The van der Waals surface area contributed by atoms with Crippen molar-refractivity contribution in [2.24, 2.45) is 11.7 Å². The quantitative estimate of drug-likeness (QED) is 0.624. The van der Waals surface area contributed by atoms with Crippen LogP contribution >= 0.6 is 0 Å². The first-order valence-corrected chi connectivity index (χ1v) is 5.90. The molecular formula is C11H24N2O. The van der Waals surface area contributed by atoms with Crippen molar-refractivity contribution in [3.05, 3.63) is 0 Å². The standard InChI is InChI=1S/C11H24N2O/c12-10-11-4-7-13(8-5-11)6-2-1-3-9-14/h11,14H,1-10,12H2. The molecule has 1 aliphatic rings. The van der Waals surface area contributed by atoms with Crippen LogP contribution in [0.3, 0.4) is 0 Å². The van der Waals surface area contributed by atoms with Gasteiger partial charge in [-0.05, 0) is 64.2 Å². The van der Waals surface area contributed by atoms with E-state index in [2.05, 4.69) is 4.90 Å². The van der Waals surface area contributed by atoms with E-state index in [9.17, 15) is 0 Å². The summed E-state index contributed by atoms with van der Waals surface area (Å²) in [6.07, 6.45) is 5.90. The number of rotatable bonds is 6. The molecule has 3 heteroatoms. The number of unbranched alkanes of at least 4 members (excludes halogenated alkanes) is 2. The number of hydrogen-bond donors (Lipinski definition) is 2. The van der Waals surface area contributed by atoms with E-state index in [1.165, 1.54) is 38.9 Å².